The number of terminal acetylenes is 1. The zero-order valence-electron chi connectivity index (χ0n) is 15.3. The Morgan fingerprint density at radius 2 is 1.83 bits per heavy atom. The van der Waals surface area contributed by atoms with E-state index < -0.39 is 42.3 Å². The van der Waals surface area contributed by atoms with Crippen LogP contribution in [0.4, 0.5) is 0 Å². The molecule has 29 heavy (non-hydrogen) atoms. The highest BCUT2D eigenvalue weighted by molar-refractivity contribution is 8.76. The Kier molecular flexibility index (Phi) is 12.0. The van der Waals surface area contributed by atoms with Crippen molar-refractivity contribution in [3.63, 3.8) is 0 Å². The summed E-state index contributed by atoms with van der Waals surface area (Å²) in [5.41, 5.74) is 0. The largest absolute Gasteiger partial charge is 0.490 e. The molecule has 1 rings (SSSR count). The second kappa shape index (κ2) is 12.6. The lowest BCUT2D eigenvalue weighted by Gasteiger charge is -2.21. The Hall–Kier alpha value is 0.590. The zero-order chi connectivity index (χ0) is 22.1. The van der Waals surface area contributed by atoms with Crippen LogP contribution in [0, 0.1) is 12.3 Å². The molecule has 0 aliphatic carbocycles. The van der Waals surface area contributed by atoms with Gasteiger partial charge >= 0.3 is 23.5 Å². The molecule has 3 unspecified atom stereocenters. The van der Waals surface area contributed by atoms with Gasteiger partial charge < -0.3 is 29.0 Å². The third-order valence-corrected chi connectivity index (χ3v) is 9.11. The molecule has 1 aliphatic heterocycles. The molecule has 170 valence electrons. The van der Waals surface area contributed by atoms with Gasteiger partial charge in [0.1, 0.15) is 12.0 Å². The molecular formula is C12H23O12P3S2. The van der Waals surface area contributed by atoms with Gasteiger partial charge in [0.2, 0.25) is 0 Å². The van der Waals surface area contributed by atoms with E-state index in [-0.39, 0.29) is 6.10 Å². The molecule has 1 saturated heterocycles. The molecule has 0 aromatic rings. The summed E-state index contributed by atoms with van der Waals surface area (Å²) in [6.45, 7) is 1.24. The third-order valence-electron chi connectivity index (χ3n) is 3.17. The van der Waals surface area contributed by atoms with Crippen molar-refractivity contribution in [2.45, 2.75) is 44.5 Å². The van der Waals surface area contributed by atoms with Crippen LogP contribution in [-0.4, -0.2) is 56.2 Å². The second-order valence-electron chi connectivity index (χ2n) is 5.68. The van der Waals surface area contributed by atoms with Crippen LogP contribution in [0.25, 0.3) is 0 Å². The van der Waals surface area contributed by atoms with Crippen LogP contribution in [0.1, 0.15) is 26.2 Å². The number of hydrogen-bond acceptors (Lipinski definition) is 10. The summed E-state index contributed by atoms with van der Waals surface area (Å²) in [5, 5.41) is 0. The summed E-state index contributed by atoms with van der Waals surface area (Å²) in [5.74, 6) is 3.74. The van der Waals surface area contributed by atoms with E-state index in [2.05, 4.69) is 19.1 Å². The predicted molar refractivity (Wildman–Crippen MR) is 107 cm³/mol. The van der Waals surface area contributed by atoms with Crippen molar-refractivity contribution in [3.05, 3.63) is 0 Å². The van der Waals surface area contributed by atoms with Crippen LogP contribution in [-0.2, 0) is 36.3 Å². The lowest BCUT2D eigenvalue weighted by atomic mass is 10.1. The molecule has 0 saturated carbocycles. The first-order chi connectivity index (χ1) is 13.3. The van der Waals surface area contributed by atoms with E-state index >= 15 is 0 Å². The third kappa shape index (κ3) is 12.9. The zero-order valence-corrected chi connectivity index (χ0v) is 19.6. The Morgan fingerprint density at radius 3 is 2.45 bits per heavy atom. The summed E-state index contributed by atoms with van der Waals surface area (Å²) in [6, 6.07) is 0. The van der Waals surface area contributed by atoms with Gasteiger partial charge in [-0.25, -0.2) is 13.7 Å². The van der Waals surface area contributed by atoms with E-state index in [0.717, 1.165) is 12.2 Å². The Bertz CT molecular complexity index is 694. The highest BCUT2D eigenvalue weighted by Gasteiger charge is 2.42. The van der Waals surface area contributed by atoms with Crippen molar-refractivity contribution in [2.75, 3.05) is 18.3 Å². The van der Waals surface area contributed by atoms with Crippen LogP contribution in [0.3, 0.4) is 0 Å². The fourth-order valence-corrected chi connectivity index (χ4v) is 6.94. The maximum Gasteiger partial charge on any atom is 0.490 e. The van der Waals surface area contributed by atoms with E-state index in [0.29, 0.717) is 18.8 Å². The van der Waals surface area contributed by atoms with Crippen LogP contribution in [0.5, 0.6) is 0 Å². The quantitative estimate of drug-likeness (QED) is 0.0870. The molecule has 17 heteroatoms. The van der Waals surface area contributed by atoms with Crippen LogP contribution < -0.4 is 0 Å². The monoisotopic (exact) mass is 516 g/mol. The maximum atomic E-state index is 11.8. The maximum absolute atomic E-state index is 11.8. The molecule has 1 heterocycles. The smallest absolute Gasteiger partial charge is 0.370 e. The van der Waals surface area contributed by atoms with Crippen molar-refractivity contribution in [1.82, 2.24) is 0 Å². The summed E-state index contributed by atoms with van der Waals surface area (Å²) in [7, 11) is -13.1. The standard InChI is InChI=1S/C12H23O12P3S2/c1-3-4-5-6-28-29-9-20-11-7-10(2)22-12(11)8-21-26(16,17)24-27(18,19)23-25(13,14)15/h1,10-12H,4-9H2,2H3,(H,16,17)(H,18,19)(H2,13,14,15)/t10-,11?,12+/m0/s1. The number of phosphoric acid groups is 3. The molecule has 0 bridgehead atoms. The van der Waals surface area contributed by atoms with Crippen molar-refractivity contribution < 1.29 is 55.9 Å². The SMILES string of the molecule is C#CCCCSSCOC1C[C@H](C)O[C@@H]1COP(=O)(O)OP(=O)(O)OP(=O)(O)O. The van der Waals surface area contributed by atoms with Crippen LogP contribution in [0.2, 0.25) is 0 Å². The van der Waals surface area contributed by atoms with E-state index in [4.69, 9.17) is 30.6 Å². The number of rotatable bonds is 14. The Morgan fingerprint density at radius 1 is 1.14 bits per heavy atom. The van der Waals surface area contributed by atoms with Gasteiger partial charge in [-0.1, -0.05) is 21.6 Å². The van der Waals surface area contributed by atoms with Gasteiger partial charge in [-0.05, 0) is 13.3 Å². The molecule has 0 aromatic heterocycles. The first-order valence-corrected chi connectivity index (χ1v) is 15.1. The van der Waals surface area contributed by atoms with Gasteiger partial charge in [0.25, 0.3) is 0 Å². The first-order valence-electron chi connectivity index (χ1n) is 8.07. The summed E-state index contributed by atoms with van der Waals surface area (Å²) < 4.78 is 56.8. The number of hydrogen-bond donors (Lipinski definition) is 4. The summed E-state index contributed by atoms with van der Waals surface area (Å²) >= 11 is 0. The van der Waals surface area contributed by atoms with Gasteiger partial charge in [0, 0.05) is 18.6 Å². The molecule has 0 amide bonds. The number of unbranched alkanes of at least 4 members (excludes halogenated alkanes) is 1. The number of ether oxygens (including phenoxy) is 2. The molecule has 5 atom stereocenters. The van der Waals surface area contributed by atoms with Gasteiger partial charge in [0.05, 0.1) is 18.8 Å². The topological polar surface area (TPSA) is 178 Å². The molecule has 1 fully saturated rings. The Balaban J connectivity index is 2.45. The number of phosphoric ester groups is 1. The predicted octanol–water partition coefficient (Wildman–Crippen LogP) is 2.64. The molecule has 0 aromatic carbocycles. The lowest BCUT2D eigenvalue weighted by molar-refractivity contribution is -0.0326. The first kappa shape index (κ1) is 27.6. The highest BCUT2D eigenvalue weighted by atomic mass is 33.1. The van der Waals surface area contributed by atoms with Crippen LogP contribution >= 0.6 is 45.1 Å². The van der Waals surface area contributed by atoms with E-state index in [9.17, 15) is 18.6 Å². The molecular weight excluding hydrogens is 493 g/mol. The van der Waals surface area contributed by atoms with Crippen molar-refractivity contribution in [2.24, 2.45) is 0 Å². The van der Waals surface area contributed by atoms with E-state index in [1.807, 2.05) is 0 Å². The van der Waals surface area contributed by atoms with Gasteiger partial charge in [-0.15, -0.1) is 12.3 Å². The Labute approximate surface area is 176 Å². The summed E-state index contributed by atoms with van der Waals surface area (Å²) in [4.78, 5) is 35.6. The average molecular weight is 516 g/mol. The molecule has 1 aliphatic rings. The van der Waals surface area contributed by atoms with Crippen molar-refractivity contribution >= 4 is 45.1 Å². The minimum absolute atomic E-state index is 0.220. The summed E-state index contributed by atoms with van der Waals surface area (Å²) in [6.07, 6.45) is 5.80. The van der Waals surface area contributed by atoms with Gasteiger partial charge in [-0.2, -0.15) is 8.62 Å². The minimum atomic E-state index is -5.55. The van der Waals surface area contributed by atoms with Crippen LogP contribution in [0.15, 0.2) is 0 Å². The van der Waals surface area contributed by atoms with Crippen molar-refractivity contribution in [3.8, 4) is 12.3 Å². The van der Waals surface area contributed by atoms with Gasteiger partial charge in [-0.3, -0.25) is 4.52 Å². The molecule has 0 radical (unpaired) electrons. The van der Waals surface area contributed by atoms with Crippen molar-refractivity contribution in [1.29, 1.82) is 0 Å². The molecule has 12 nitrogen and oxygen atoms in total. The van der Waals surface area contributed by atoms with Gasteiger partial charge in [0.15, 0.2) is 0 Å². The molecule has 4 N–H and O–H groups in total. The normalized spacial score (nSPS) is 26.6. The fourth-order valence-electron chi connectivity index (χ4n) is 2.15. The minimum Gasteiger partial charge on any atom is -0.370 e. The molecule has 0 spiro atoms. The average Bonchev–Trinajstić information content (AvgIpc) is 2.88. The fraction of sp³-hybridized carbons (Fsp3) is 0.833. The van der Waals surface area contributed by atoms with E-state index in [1.165, 1.54) is 10.8 Å². The highest BCUT2D eigenvalue weighted by Crippen LogP contribution is 2.66. The lowest BCUT2D eigenvalue weighted by Crippen LogP contribution is -2.28. The second-order valence-corrected chi connectivity index (χ2v) is 12.6. The van der Waals surface area contributed by atoms with E-state index in [1.54, 1.807) is 17.7 Å².